The molecule has 24 heavy (non-hydrogen) atoms. The Balaban J connectivity index is 1.72. The molecule has 0 fully saturated rings. The zero-order valence-corrected chi connectivity index (χ0v) is 14.0. The number of amides is 1. The average molecular weight is 326 g/mol. The molecule has 126 valence electrons. The van der Waals surface area contributed by atoms with Crippen molar-refractivity contribution in [2.75, 3.05) is 19.0 Å². The van der Waals surface area contributed by atoms with Gasteiger partial charge in [0.15, 0.2) is 0 Å². The first kappa shape index (κ1) is 17.7. The largest absolute Gasteiger partial charge is 0.465 e. The van der Waals surface area contributed by atoms with Crippen molar-refractivity contribution in [1.29, 1.82) is 0 Å². The highest BCUT2D eigenvalue weighted by Crippen LogP contribution is 2.10. The molecular weight excluding hydrogens is 304 g/mol. The van der Waals surface area contributed by atoms with Gasteiger partial charge in [0.1, 0.15) is 0 Å². The first-order valence-corrected chi connectivity index (χ1v) is 7.83. The summed E-state index contributed by atoms with van der Waals surface area (Å²) in [6.45, 7) is 3.39. The molecule has 0 aliphatic carbocycles. The Hall–Kier alpha value is -2.66. The van der Waals surface area contributed by atoms with Gasteiger partial charge in [0.2, 0.25) is 5.91 Å². The van der Waals surface area contributed by atoms with Crippen molar-refractivity contribution in [3.05, 3.63) is 65.2 Å². The minimum Gasteiger partial charge on any atom is -0.465 e. The third-order valence-corrected chi connectivity index (χ3v) is 3.53. The first-order chi connectivity index (χ1) is 11.6. The van der Waals surface area contributed by atoms with E-state index in [1.165, 1.54) is 18.2 Å². The molecule has 0 saturated heterocycles. The second-order valence-corrected chi connectivity index (χ2v) is 5.53. The Morgan fingerprint density at radius 1 is 1.08 bits per heavy atom. The maximum absolute atomic E-state index is 11.9. The summed E-state index contributed by atoms with van der Waals surface area (Å²) in [6.07, 6.45) is 0.380. The highest BCUT2D eigenvalue weighted by Gasteiger charge is 2.06. The predicted octanol–water partition coefficient (Wildman–Crippen LogP) is 2.90. The molecular formula is C19H22N2O3. The number of carbonyl (C=O) groups is 2. The fourth-order valence-electron chi connectivity index (χ4n) is 2.29. The summed E-state index contributed by atoms with van der Waals surface area (Å²) < 4.78 is 4.63. The van der Waals surface area contributed by atoms with Gasteiger partial charge in [0.25, 0.3) is 0 Å². The van der Waals surface area contributed by atoms with Crippen LogP contribution < -0.4 is 10.6 Å². The molecule has 1 amide bonds. The van der Waals surface area contributed by atoms with Gasteiger partial charge >= 0.3 is 5.97 Å². The van der Waals surface area contributed by atoms with E-state index in [1.54, 1.807) is 24.3 Å². The zero-order chi connectivity index (χ0) is 17.4. The van der Waals surface area contributed by atoms with Crippen LogP contribution in [0.2, 0.25) is 0 Å². The summed E-state index contributed by atoms with van der Waals surface area (Å²) in [4.78, 5) is 23.3. The number of benzene rings is 2. The van der Waals surface area contributed by atoms with Crippen LogP contribution in [0.15, 0.2) is 48.5 Å². The van der Waals surface area contributed by atoms with Crippen LogP contribution in [0.1, 0.15) is 27.9 Å². The number of methoxy groups -OCH3 is 1. The summed E-state index contributed by atoms with van der Waals surface area (Å²) in [5.41, 5.74) is 3.54. The lowest BCUT2D eigenvalue weighted by molar-refractivity contribution is -0.116. The fraction of sp³-hybridized carbons (Fsp3) is 0.263. The van der Waals surface area contributed by atoms with E-state index in [2.05, 4.69) is 40.5 Å². The lowest BCUT2D eigenvalue weighted by Gasteiger charge is -2.08. The van der Waals surface area contributed by atoms with E-state index in [9.17, 15) is 9.59 Å². The van der Waals surface area contributed by atoms with Crippen LogP contribution in [-0.2, 0) is 16.1 Å². The average Bonchev–Trinajstić information content (AvgIpc) is 2.59. The van der Waals surface area contributed by atoms with Crippen molar-refractivity contribution in [1.82, 2.24) is 5.32 Å². The van der Waals surface area contributed by atoms with Crippen LogP contribution in [0, 0.1) is 6.92 Å². The van der Waals surface area contributed by atoms with E-state index < -0.39 is 5.97 Å². The summed E-state index contributed by atoms with van der Waals surface area (Å²) in [6, 6.07) is 14.9. The molecule has 0 atom stereocenters. The van der Waals surface area contributed by atoms with E-state index in [1.807, 2.05) is 6.07 Å². The maximum Gasteiger partial charge on any atom is 0.337 e. The second kappa shape index (κ2) is 8.84. The first-order valence-electron chi connectivity index (χ1n) is 7.83. The maximum atomic E-state index is 11.9. The minimum atomic E-state index is -0.395. The molecule has 2 aromatic rings. The van der Waals surface area contributed by atoms with Gasteiger partial charge in [0, 0.05) is 25.2 Å². The molecule has 0 radical (unpaired) electrons. The minimum absolute atomic E-state index is 0.0717. The van der Waals surface area contributed by atoms with Gasteiger partial charge in [-0.1, -0.05) is 29.8 Å². The number of nitrogens with one attached hydrogen (secondary N) is 2. The summed E-state index contributed by atoms with van der Waals surface area (Å²) >= 11 is 0. The fourth-order valence-corrected chi connectivity index (χ4v) is 2.29. The van der Waals surface area contributed by atoms with Crippen molar-refractivity contribution in [3.8, 4) is 0 Å². The lowest BCUT2D eigenvalue weighted by Crippen LogP contribution is -2.21. The number of hydrogen-bond donors (Lipinski definition) is 2. The molecule has 0 saturated carbocycles. The van der Waals surface area contributed by atoms with Crippen molar-refractivity contribution >= 4 is 17.6 Å². The number of hydrogen-bond acceptors (Lipinski definition) is 4. The monoisotopic (exact) mass is 326 g/mol. The van der Waals surface area contributed by atoms with E-state index in [0.717, 1.165) is 6.54 Å². The van der Waals surface area contributed by atoms with Crippen molar-refractivity contribution < 1.29 is 14.3 Å². The van der Waals surface area contributed by atoms with E-state index >= 15 is 0 Å². The van der Waals surface area contributed by atoms with Crippen LogP contribution in [-0.4, -0.2) is 25.5 Å². The molecule has 0 heterocycles. The van der Waals surface area contributed by atoms with Crippen molar-refractivity contribution in [2.24, 2.45) is 0 Å². The summed E-state index contributed by atoms with van der Waals surface area (Å²) in [5, 5.41) is 6.06. The van der Waals surface area contributed by atoms with Gasteiger partial charge in [0.05, 0.1) is 12.7 Å². The molecule has 0 aromatic heterocycles. The second-order valence-electron chi connectivity index (χ2n) is 5.53. The van der Waals surface area contributed by atoms with Gasteiger partial charge in [-0.15, -0.1) is 0 Å². The Morgan fingerprint density at radius 2 is 1.83 bits per heavy atom. The molecule has 0 spiro atoms. The van der Waals surface area contributed by atoms with Crippen molar-refractivity contribution in [2.45, 2.75) is 19.9 Å². The molecule has 5 heteroatoms. The van der Waals surface area contributed by atoms with Crippen LogP contribution in [0.4, 0.5) is 5.69 Å². The Bertz CT molecular complexity index is 696. The number of carbonyl (C=O) groups excluding carboxylic acids is 2. The molecule has 0 aliphatic rings. The number of ether oxygens (including phenoxy) is 1. The number of anilines is 1. The van der Waals surface area contributed by atoms with Gasteiger partial charge in [-0.25, -0.2) is 4.79 Å². The smallest absolute Gasteiger partial charge is 0.337 e. The van der Waals surface area contributed by atoms with Gasteiger partial charge in [-0.2, -0.15) is 0 Å². The van der Waals surface area contributed by atoms with E-state index in [-0.39, 0.29) is 5.91 Å². The normalized spacial score (nSPS) is 10.2. The lowest BCUT2D eigenvalue weighted by atomic mass is 10.1. The Morgan fingerprint density at radius 3 is 2.50 bits per heavy atom. The number of esters is 1. The molecule has 0 unspecified atom stereocenters. The topological polar surface area (TPSA) is 67.4 Å². The van der Waals surface area contributed by atoms with Gasteiger partial charge in [-0.3, -0.25) is 4.79 Å². The standard InChI is InChI=1S/C19H22N2O3/c1-14-4-3-5-15(12-14)13-20-11-10-18(22)21-17-8-6-16(7-9-17)19(23)24-2/h3-9,12,20H,10-11,13H2,1-2H3,(H,21,22). The molecule has 5 nitrogen and oxygen atoms in total. The summed E-state index contributed by atoms with van der Waals surface area (Å²) in [5.74, 6) is -0.467. The number of aryl methyl sites for hydroxylation is 1. The highest BCUT2D eigenvalue weighted by atomic mass is 16.5. The third-order valence-electron chi connectivity index (χ3n) is 3.53. The third kappa shape index (κ3) is 5.52. The van der Waals surface area contributed by atoms with E-state index in [0.29, 0.717) is 24.2 Å². The van der Waals surface area contributed by atoms with Gasteiger partial charge < -0.3 is 15.4 Å². The zero-order valence-electron chi connectivity index (χ0n) is 14.0. The Kier molecular flexibility index (Phi) is 6.51. The molecule has 2 rings (SSSR count). The van der Waals surface area contributed by atoms with Crippen LogP contribution in [0.25, 0.3) is 0 Å². The van der Waals surface area contributed by atoms with E-state index in [4.69, 9.17) is 0 Å². The molecule has 0 aliphatic heterocycles. The number of rotatable bonds is 7. The summed E-state index contributed by atoms with van der Waals surface area (Å²) in [7, 11) is 1.34. The van der Waals surface area contributed by atoms with Crippen molar-refractivity contribution in [3.63, 3.8) is 0 Å². The SMILES string of the molecule is COC(=O)c1ccc(NC(=O)CCNCc2cccc(C)c2)cc1. The predicted molar refractivity (Wildman–Crippen MR) is 93.9 cm³/mol. The molecule has 0 bridgehead atoms. The van der Waals surface area contributed by atoms with Crippen LogP contribution >= 0.6 is 0 Å². The quantitative estimate of drug-likeness (QED) is 0.606. The van der Waals surface area contributed by atoms with Crippen LogP contribution in [0.5, 0.6) is 0 Å². The Labute approximate surface area is 142 Å². The highest BCUT2D eigenvalue weighted by molar-refractivity contribution is 5.93. The molecule has 2 N–H and O–H groups in total. The van der Waals surface area contributed by atoms with Crippen LogP contribution in [0.3, 0.4) is 0 Å². The molecule has 2 aromatic carbocycles. The van der Waals surface area contributed by atoms with Gasteiger partial charge in [-0.05, 0) is 36.8 Å².